The second-order valence-electron chi connectivity index (χ2n) is 9.81. The third kappa shape index (κ3) is 27.9. The zero-order valence-electron chi connectivity index (χ0n) is 26.0. The number of nitrogens with one attached hydrogen (secondary N) is 3. The number of amides is 3. The van der Waals surface area contributed by atoms with Gasteiger partial charge in [0, 0.05) is 43.0 Å². The standard InChI is InChI=1S/C11H18N2.C6H11NO.C5H9NOS.C4H7NO.C2H4.2C2H2/c1-8(2)7-12-11-6-9(3)5-10(4)13-11;1-6-3-2-4-7(6)5-8;1-4(7)6-8-5-2-3-5;6-3-5-4-1-2-4;3*1-2/h5-6,8H,7H2,1-4H3,(H,12,13);5-6H,2-4H2,1H3;5H,2-3H2,1H3,(H,6,7);3-4H,1-2H2,(H,5,6);1-2H2;2*1-2H/t;6-;;;;;/m.1...../s1. The van der Waals surface area contributed by atoms with Crippen molar-refractivity contribution in [3.8, 4) is 25.7 Å². The highest BCUT2D eigenvalue weighted by atomic mass is 32.2. The number of hydrogen-bond donors (Lipinski definition) is 3. The molecule has 2 aliphatic carbocycles. The molecule has 0 bridgehead atoms. The maximum absolute atomic E-state index is 10.2. The van der Waals surface area contributed by atoms with E-state index in [9.17, 15) is 14.4 Å². The predicted octanol–water partition coefficient (Wildman–Crippen LogP) is 5.52. The van der Waals surface area contributed by atoms with Crippen molar-refractivity contribution < 1.29 is 14.4 Å². The third-order valence-electron chi connectivity index (χ3n) is 5.30. The summed E-state index contributed by atoms with van der Waals surface area (Å²) in [6.45, 7) is 20.1. The van der Waals surface area contributed by atoms with Crippen LogP contribution in [0.25, 0.3) is 0 Å². The number of nitrogens with zero attached hydrogens (tertiary/aromatic N) is 2. The molecule has 0 spiro atoms. The van der Waals surface area contributed by atoms with Crippen LogP contribution in [-0.4, -0.2) is 59.0 Å². The van der Waals surface area contributed by atoms with Gasteiger partial charge in [-0.15, -0.1) is 38.9 Å². The van der Waals surface area contributed by atoms with Gasteiger partial charge in [-0.25, -0.2) is 4.98 Å². The minimum absolute atomic E-state index is 0.0573. The minimum atomic E-state index is 0.0573. The van der Waals surface area contributed by atoms with Crippen LogP contribution < -0.4 is 15.4 Å². The molecule has 1 aromatic heterocycles. The van der Waals surface area contributed by atoms with Gasteiger partial charge in [0.15, 0.2) is 0 Å². The zero-order valence-corrected chi connectivity index (χ0v) is 26.8. The van der Waals surface area contributed by atoms with Crippen molar-refractivity contribution in [1.82, 2.24) is 19.9 Å². The van der Waals surface area contributed by atoms with E-state index in [4.69, 9.17) is 0 Å². The number of anilines is 1. The highest BCUT2D eigenvalue weighted by Crippen LogP contribution is 2.31. The summed E-state index contributed by atoms with van der Waals surface area (Å²) in [4.78, 5) is 36.2. The highest BCUT2D eigenvalue weighted by molar-refractivity contribution is 7.98. The molecule has 1 atom stereocenters. The quantitative estimate of drug-likeness (QED) is 0.160. The Kier molecular flexibility index (Phi) is 28.8. The van der Waals surface area contributed by atoms with Gasteiger partial charge in [-0.2, -0.15) is 0 Å². The molecule has 8 nitrogen and oxygen atoms in total. The van der Waals surface area contributed by atoms with Crippen molar-refractivity contribution in [2.24, 2.45) is 5.92 Å². The van der Waals surface area contributed by atoms with Gasteiger partial charge < -0.3 is 20.3 Å². The van der Waals surface area contributed by atoms with Crippen LogP contribution >= 0.6 is 11.9 Å². The van der Waals surface area contributed by atoms with E-state index in [2.05, 4.69) is 99.0 Å². The lowest BCUT2D eigenvalue weighted by atomic mass is 10.2. The number of pyridine rings is 1. The first-order valence-corrected chi connectivity index (χ1v) is 14.7. The van der Waals surface area contributed by atoms with Crippen molar-refractivity contribution in [2.45, 2.75) is 97.4 Å². The van der Waals surface area contributed by atoms with Crippen LogP contribution in [0.15, 0.2) is 25.3 Å². The molecule has 1 saturated heterocycles. The summed E-state index contributed by atoms with van der Waals surface area (Å²) in [6, 6.07) is 5.19. The third-order valence-corrected chi connectivity index (χ3v) is 6.51. The second kappa shape index (κ2) is 28.1. The monoisotopic (exact) mass is 587 g/mol. The fraction of sp³-hybridized carbons (Fsp3) is 0.562. The van der Waals surface area contributed by atoms with Gasteiger partial charge in [0.25, 0.3) is 0 Å². The van der Waals surface area contributed by atoms with Crippen LogP contribution in [-0.2, 0) is 14.4 Å². The van der Waals surface area contributed by atoms with E-state index >= 15 is 0 Å². The number of carbonyl (C=O) groups excluding carboxylic acids is 3. The number of aryl methyl sites for hydroxylation is 2. The smallest absolute Gasteiger partial charge is 0.226 e. The molecule has 3 aliphatic rings. The van der Waals surface area contributed by atoms with Gasteiger partial charge in [-0.1, -0.05) is 13.8 Å². The number of terminal acetylenes is 2. The minimum Gasteiger partial charge on any atom is -0.370 e. The molecule has 3 N–H and O–H groups in total. The molecule has 2 heterocycles. The van der Waals surface area contributed by atoms with Gasteiger partial charge in [-0.3, -0.25) is 14.4 Å². The summed E-state index contributed by atoms with van der Waals surface area (Å²) < 4.78 is 2.69. The Morgan fingerprint density at radius 1 is 1.10 bits per heavy atom. The van der Waals surface area contributed by atoms with E-state index in [1.54, 1.807) is 11.9 Å². The number of hydrogen-bond acceptors (Lipinski definition) is 6. The number of carbonyl (C=O) groups is 3. The zero-order chi connectivity index (χ0) is 32.2. The Hall–Kier alpha value is -3.43. The average molecular weight is 588 g/mol. The Balaban J connectivity index is -0.000000455. The second-order valence-corrected chi connectivity index (χ2v) is 10.9. The Morgan fingerprint density at radius 2 is 1.68 bits per heavy atom. The molecule has 41 heavy (non-hydrogen) atoms. The summed E-state index contributed by atoms with van der Waals surface area (Å²) in [5.74, 6) is 1.70. The average Bonchev–Trinajstić information content (AvgIpc) is 3.90. The van der Waals surface area contributed by atoms with Gasteiger partial charge in [0.2, 0.25) is 18.7 Å². The van der Waals surface area contributed by atoms with Crippen molar-refractivity contribution in [1.29, 1.82) is 0 Å². The Labute approximate surface area is 254 Å². The predicted molar refractivity (Wildman–Crippen MR) is 176 cm³/mol. The Bertz CT molecular complexity index is 841. The lowest BCUT2D eigenvalue weighted by Crippen LogP contribution is -2.24. The molecule has 9 heteroatoms. The SMILES string of the molecule is C#C.C#C.C=C.CC(=O)NSC1CC1.C[C@@H]1CCCN1C=O.Cc1cc(C)nc(NCC(C)C)c1.O=CNC1CC1. The summed E-state index contributed by atoms with van der Waals surface area (Å²) in [5, 5.41) is 6.67. The molecule has 4 rings (SSSR count). The van der Waals surface area contributed by atoms with Gasteiger partial charge >= 0.3 is 0 Å². The molecule has 3 fully saturated rings. The van der Waals surface area contributed by atoms with Crippen LogP contribution in [0, 0.1) is 45.5 Å². The van der Waals surface area contributed by atoms with Gasteiger partial charge in [0.05, 0.1) is 0 Å². The molecular formula is C32H53N5O3S. The summed E-state index contributed by atoms with van der Waals surface area (Å²) in [7, 11) is 0. The molecule has 230 valence electrons. The molecule has 0 radical (unpaired) electrons. The molecule has 1 aliphatic heterocycles. The van der Waals surface area contributed by atoms with Crippen LogP contribution in [0.1, 0.15) is 77.5 Å². The topological polar surface area (TPSA) is 103 Å². The first kappa shape index (κ1) is 42.0. The highest BCUT2D eigenvalue weighted by Gasteiger charge is 2.22. The lowest BCUT2D eigenvalue weighted by Gasteiger charge is -2.13. The van der Waals surface area contributed by atoms with Gasteiger partial charge in [-0.05, 0) is 94.9 Å². The van der Waals surface area contributed by atoms with Crippen LogP contribution in [0.5, 0.6) is 0 Å². The van der Waals surface area contributed by atoms with E-state index in [1.165, 1.54) is 51.0 Å². The molecular weight excluding hydrogens is 534 g/mol. The number of likely N-dealkylation sites (tertiary alicyclic amines) is 1. The van der Waals surface area contributed by atoms with Crippen molar-refractivity contribution in [2.75, 3.05) is 18.4 Å². The molecule has 3 amide bonds. The summed E-state index contributed by atoms with van der Waals surface area (Å²) in [6.07, 6.45) is 25.0. The maximum atomic E-state index is 10.2. The van der Waals surface area contributed by atoms with E-state index < -0.39 is 0 Å². The lowest BCUT2D eigenvalue weighted by molar-refractivity contribution is -0.118. The molecule has 0 aromatic carbocycles. The van der Waals surface area contributed by atoms with Crippen molar-refractivity contribution >= 4 is 36.5 Å². The molecule has 1 aromatic rings. The molecule has 0 unspecified atom stereocenters. The molecule has 2 saturated carbocycles. The van der Waals surface area contributed by atoms with Gasteiger partial charge in [0.1, 0.15) is 5.82 Å². The van der Waals surface area contributed by atoms with E-state index in [-0.39, 0.29) is 5.91 Å². The van der Waals surface area contributed by atoms with Crippen molar-refractivity contribution in [3.05, 3.63) is 36.5 Å². The normalized spacial score (nSPS) is 15.6. The van der Waals surface area contributed by atoms with E-state index in [0.29, 0.717) is 18.0 Å². The first-order chi connectivity index (χ1) is 19.6. The fourth-order valence-electron chi connectivity index (χ4n) is 3.05. The largest absolute Gasteiger partial charge is 0.370 e. The first-order valence-electron chi connectivity index (χ1n) is 13.8. The number of rotatable bonds is 8. The Morgan fingerprint density at radius 3 is 2.00 bits per heavy atom. The maximum Gasteiger partial charge on any atom is 0.226 e. The van der Waals surface area contributed by atoms with E-state index in [1.807, 2.05) is 11.8 Å². The van der Waals surface area contributed by atoms with Crippen LogP contribution in [0.4, 0.5) is 5.82 Å². The van der Waals surface area contributed by atoms with Crippen molar-refractivity contribution in [3.63, 3.8) is 0 Å². The van der Waals surface area contributed by atoms with Crippen LogP contribution in [0.2, 0.25) is 0 Å². The van der Waals surface area contributed by atoms with E-state index in [0.717, 1.165) is 42.7 Å². The number of aromatic nitrogens is 1. The summed E-state index contributed by atoms with van der Waals surface area (Å²) >= 11 is 1.55. The van der Waals surface area contributed by atoms with Crippen LogP contribution in [0.3, 0.4) is 0 Å². The fourth-order valence-corrected chi connectivity index (χ4v) is 3.76. The summed E-state index contributed by atoms with van der Waals surface area (Å²) in [5.41, 5.74) is 2.34.